The fourth-order valence-electron chi connectivity index (χ4n) is 1.39. The quantitative estimate of drug-likeness (QED) is 0.789. The monoisotopic (exact) mass is 329 g/mol. The van der Waals surface area contributed by atoms with E-state index < -0.39 is 0 Å². The average Bonchev–Trinajstić information content (AvgIpc) is 2.81. The standard InChI is InChI=1S/C12H13BrClN3O/c1-9(14)12-8-17(16-15-12)6-7-18-11-4-2-10(13)3-5-11/h2-5,8-9H,6-7H2,1H3. The van der Waals surface area contributed by atoms with Crippen LogP contribution in [0.4, 0.5) is 0 Å². The van der Waals surface area contributed by atoms with Gasteiger partial charge >= 0.3 is 0 Å². The lowest BCUT2D eigenvalue weighted by Crippen LogP contribution is -2.08. The maximum Gasteiger partial charge on any atom is 0.119 e. The maximum absolute atomic E-state index is 5.91. The second-order valence-corrected chi connectivity index (χ2v) is 5.40. The van der Waals surface area contributed by atoms with E-state index in [1.54, 1.807) is 4.68 Å². The normalized spacial score (nSPS) is 12.4. The molecule has 1 aromatic carbocycles. The molecule has 1 heterocycles. The van der Waals surface area contributed by atoms with Gasteiger partial charge < -0.3 is 4.74 Å². The second-order valence-electron chi connectivity index (χ2n) is 3.82. The summed E-state index contributed by atoms with van der Waals surface area (Å²) in [6.45, 7) is 3.06. The van der Waals surface area contributed by atoms with Crippen molar-refractivity contribution in [3.05, 3.63) is 40.6 Å². The summed E-state index contributed by atoms with van der Waals surface area (Å²) >= 11 is 9.29. The van der Waals surface area contributed by atoms with Crippen molar-refractivity contribution in [2.24, 2.45) is 0 Å². The molecule has 0 spiro atoms. The largest absolute Gasteiger partial charge is 0.492 e. The minimum Gasteiger partial charge on any atom is -0.492 e. The van der Waals surface area contributed by atoms with Crippen LogP contribution >= 0.6 is 27.5 Å². The molecular weight excluding hydrogens is 318 g/mol. The third-order valence-electron chi connectivity index (χ3n) is 2.37. The topological polar surface area (TPSA) is 39.9 Å². The lowest BCUT2D eigenvalue weighted by molar-refractivity contribution is 0.289. The lowest BCUT2D eigenvalue weighted by Gasteiger charge is -2.05. The summed E-state index contributed by atoms with van der Waals surface area (Å²) in [6, 6.07) is 7.71. The molecule has 0 radical (unpaired) electrons. The summed E-state index contributed by atoms with van der Waals surface area (Å²) in [4.78, 5) is 0. The molecule has 18 heavy (non-hydrogen) atoms. The predicted octanol–water partition coefficient (Wildman–Crippen LogP) is 3.42. The summed E-state index contributed by atoms with van der Waals surface area (Å²) in [5.74, 6) is 0.837. The van der Waals surface area contributed by atoms with Crippen molar-refractivity contribution >= 4 is 27.5 Å². The minimum absolute atomic E-state index is 0.119. The summed E-state index contributed by atoms with van der Waals surface area (Å²) in [5.41, 5.74) is 0.778. The third-order valence-corrected chi connectivity index (χ3v) is 3.12. The van der Waals surface area contributed by atoms with Crippen molar-refractivity contribution in [2.75, 3.05) is 6.61 Å². The van der Waals surface area contributed by atoms with Gasteiger partial charge in [-0.15, -0.1) is 16.7 Å². The van der Waals surface area contributed by atoms with E-state index in [0.717, 1.165) is 15.9 Å². The summed E-state index contributed by atoms with van der Waals surface area (Å²) in [7, 11) is 0. The molecule has 1 atom stereocenters. The van der Waals surface area contributed by atoms with Gasteiger partial charge in [-0.2, -0.15) is 0 Å². The van der Waals surface area contributed by atoms with E-state index in [9.17, 15) is 0 Å². The number of aromatic nitrogens is 3. The first-order valence-corrected chi connectivity index (χ1v) is 6.80. The minimum atomic E-state index is -0.119. The van der Waals surface area contributed by atoms with Gasteiger partial charge in [-0.05, 0) is 31.2 Å². The molecule has 1 aromatic heterocycles. The highest BCUT2D eigenvalue weighted by atomic mass is 79.9. The molecule has 4 nitrogen and oxygen atoms in total. The maximum atomic E-state index is 5.91. The first kappa shape index (κ1) is 13.4. The van der Waals surface area contributed by atoms with E-state index in [1.165, 1.54) is 0 Å². The zero-order valence-electron chi connectivity index (χ0n) is 9.88. The van der Waals surface area contributed by atoms with Gasteiger partial charge in [-0.3, -0.25) is 0 Å². The third kappa shape index (κ3) is 3.71. The van der Waals surface area contributed by atoms with Crippen LogP contribution < -0.4 is 4.74 Å². The Morgan fingerprint density at radius 1 is 1.39 bits per heavy atom. The molecule has 0 aliphatic carbocycles. The van der Waals surface area contributed by atoms with Crippen molar-refractivity contribution < 1.29 is 4.74 Å². The smallest absolute Gasteiger partial charge is 0.119 e. The van der Waals surface area contributed by atoms with Gasteiger partial charge in [0.15, 0.2) is 0 Å². The van der Waals surface area contributed by atoms with E-state index in [0.29, 0.717) is 13.2 Å². The van der Waals surface area contributed by atoms with Gasteiger partial charge in [-0.1, -0.05) is 21.1 Å². The molecule has 0 bridgehead atoms. The number of hydrogen-bond acceptors (Lipinski definition) is 3. The first-order chi connectivity index (χ1) is 8.65. The molecule has 2 rings (SSSR count). The number of halogens is 2. The summed E-state index contributed by atoms with van der Waals surface area (Å²) in [6.07, 6.45) is 1.84. The number of nitrogens with zero attached hydrogens (tertiary/aromatic N) is 3. The molecular formula is C12H13BrClN3O. The van der Waals surface area contributed by atoms with E-state index in [1.807, 2.05) is 37.4 Å². The fraction of sp³-hybridized carbons (Fsp3) is 0.333. The van der Waals surface area contributed by atoms with Crippen LogP contribution in [0.1, 0.15) is 18.0 Å². The van der Waals surface area contributed by atoms with E-state index in [4.69, 9.17) is 16.3 Å². The van der Waals surface area contributed by atoms with Crippen LogP contribution in [0.25, 0.3) is 0 Å². The molecule has 0 saturated heterocycles. The highest BCUT2D eigenvalue weighted by Gasteiger charge is 2.06. The Bertz CT molecular complexity index is 498. The Morgan fingerprint density at radius 2 is 2.11 bits per heavy atom. The van der Waals surface area contributed by atoms with E-state index in [-0.39, 0.29) is 5.38 Å². The summed E-state index contributed by atoms with van der Waals surface area (Å²) in [5, 5.41) is 7.83. The van der Waals surface area contributed by atoms with Crippen LogP contribution in [0.3, 0.4) is 0 Å². The van der Waals surface area contributed by atoms with Crippen LogP contribution in [0.2, 0.25) is 0 Å². The molecule has 2 aromatic rings. The van der Waals surface area contributed by atoms with Gasteiger partial charge in [0, 0.05) is 4.47 Å². The predicted molar refractivity (Wildman–Crippen MR) is 73.9 cm³/mol. The zero-order valence-corrected chi connectivity index (χ0v) is 12.2. The highest BCUT2D eigenvalue weighted by molar-refractivity contribution is 9.10. The number of rotatable bonds is 5. The van der Waals surface area contributed by atoms with Gasteiger partial charge in [0.05, 0.1) is 18.1 Å². The molecule has 0 amide bonds. The molecule has 6 heteroatoms. The average molecular weight is 331 g/mol. The lowest BCUT2D eigenvalue weighted by atomic mass is 10.3. The van der Waals surface area contributed by atoms with Crippen LogP contribution in [-0.2, 0) is 6.54 Å². The SMILES string of the molecule is CC(Cl)c1cn(CCOc2ccc(Br)cc2)nn1. The van der Waals surface area contributed by atoms with E-state index >= 15 is 0 Å². The zero-order chi connectivity index (χ0) is 13.0. The molecule has 0 aliphatic rings. The molecule has 0 saturated carbocycles. The molecule has 96 valence electrons. The van der Waals surface area contributed by atoms with Crippen LogP contribution in [0.15, 0.2) is 34.9 Å². The van der Waals surface area contributed by atoms with Crippen molar-refractivity contribution in [1.82, 2.24) is 15.0 Å². The molecule has 1 unspecified atom stereocenters. The number of benzene rings is 1. The van der Waals surface area contributed by atoms with E-state index in [2.05, 4.69) is 26.2 Å². The van der Waals surface area contributed by atoms with Crippen LogP contribution in [0.5, 0.6) is 5.75 Å². The van der Waals surface area contributed by atoms with Gasteiger partial charge in [0.1, 0.15) is 18.1 Å². The van der Waals surface area contributed by atoms with Crippen molar-refractivity contribution in [2.45, 2.75) is 18.8 Å². The van der Waals surface area contributed by atoms with Gasteiger partial charge in [-0.25, -0.2) is 4.68 Å². The second kappa shape index (κ2) is 6.20. The van der Waals surface area contributed by atoms with Crippen molar-refractivity contribution in [3.63, 3.8) is 0 Å². The van der Waals surface area contributed by atoms with Gasteiger partial charge in [0.2, 0.25) is 0 Å². The molecule has 0 fully saturated rings. The summed E-state index contributed by atoms with van der Waals surface area (Å²) < 4.78 is 8.36. The number of hydrogen-bond donors (Lipinski definition) is 0. The van der Waals surface area contributed by atoms with Crippen molar-refractivity contribution in [1.29, 1.82) is 0 Å². The Hall–Kier alpha value is -1.07. The fourth-order valence-corrected chi connectivity index (χ4v) is 1.76. The number of alkyl halides is 1. The molecule has 0 N–H and O–H groups in total. The highest BCUT2D eigenvalue weighted by Crippen LogP contribution is 2.17. The van der Waals surface area contributed by atoms with Crippen LogP contribution in [0, 0.1) is 0 Å². The van der Waals surface area contributed by atoms with Crippen LogP contribution in [-0.4, -0.2) is 21.6 Å². The van der Waals surface area contributed by atoms with Gasteiger partial charge in [0.25, 0.3) is 0 Å². The first-order valence-electron chi connectivity index (χ1n) is 5.57. The van der Waals surface area contributed by atoms with Crippen molar-refractivity contribution in [3.8, 4) is 5.75 Å². The Kier molecular flexibility index (Phi) is 4.60. The molecule has 0 aliphatic heterocycles. The Morgan fingerprint density at radius 3 is 2.72 bits per heavy atom. The number of ether oxygens (including phenoxy) is 1. The Labute approximate surface area is 119 Å². The Balaban J connectivity index is 1.82.